The van der Waals surface area contributed by atoms with E-state index in [-0.39, 0.29) is 0 Å². The Labute approximate surface area is 151 Å². The van der Waals surface area contributed by atoms with Gasteiger partial charge in [-0.1, -0.05) is 24.3 Å². The first-order chi connectivity index (χ1) is 12.5. The Bertz CT molecular complexity index is 840. The number of aromatic nitrogens is 1. The Kier molecular flexibility index (Phi) is 6.68. The number of rotatable bonds is 4. The van der Waals surface area contributed by atoms with Crippen LogP contribution >= 0.6 is 0 Å². The topological polar surface area (TPSA) is 99.5 Å². The molecule has 1 aliphatic rings. The minimum atomic E-state index is -1.26. The fraction of sp³-hybridized carbons (Fsp3) is 0.150. The van der Waals surface area contributed by atoms with Crippen molar-refractivity contribution in [3.63, 3.8) is 0 Å². The number of nitrogens with one attached hydrogen (secondary N) is 1. The normalized spacial score (nSPS) is 12.4. The molecule has 1 aromatic carbocycles. The molecule has 134 valence electrons. The van der Waals surface area contributed by atoms with Crippen molar-refractivity contribution in [2.45, 2.75) is 12.8 Å². The van der Waals surface area contributed by atoms with E-state index in [1.54, 1.807) is 0 Å². The van der Waals surface area contributed by atoms with Crippen LogP contribution < -0.4 is 5.32 Å². The SMILES string of the molecule is CNc1ccnc(C2=Cc3ccccc3CC2)c1.O=C(O)/C=C/C(=O)O. The van der Waals surface area contributed by atoms with Gasteiger partial charge >= 0.3 is 11.9 Å². The Hall–Kier alpha value is -3.41. The van der Waals surface area contributed by atoms with Crippen molar-refractivity contribution in [2.24, 2.45) is 0 Å². The van der Waals surface area contributed by atoms with Gasteiger partial charge in [0.1, 0.15) is 0 Å². The monoisotopic (exact) mass is 352 g/mol. The van der Waals surface area contributed by atoms with Crippen LogP contribution in [-0.4, -0.2) is 34.2 Å². The zero-order valence-corrected chi connectivity index (χ0v) is 14.3. The zero-order chi connectivity index (χ0) is 18.9. The standard InChI is InChI=1S/C16H16N2.C4H4O4/c1-17-15-8-9-18-16(11-15)14-7-6-12-4-2-3-5-13(12)10-14;5-3(6)1-2-4(7)8/h2-5,8-11H,6-7H2,1H3,(H,17,18);1-2H,(H,5,6)(H,7,8)/b;2-1+. The molecule has 0 atom stereocenters. The first kappa shape index (κ1) is 18.9. The number of hydrogen-bond acceptors (Lipinski definition) is 4. The fourth-order valence-electron chi connectivity index (χ4n) is 2.54. The van der Waals surface area contributed by atoms with Gasteiger partial charge in [-0.25, -0.2) is 9.59 Å². The smallest absolute Gasteiger partial charge is 0.328 e. The summed E-state index contributed by atoms with van der Waals surface area (Å²) in [4.78, 5) is 23.6. The molecule has 1 heterocycles. The number of benzene rings is 1. The molecule has 0 amide bonds. The van der Waals surface area contributed by atoms with E-state index in [1.807, 2.05) is 19.3 Å². The maximum absolute atomic E-state index is 9.55. The molecule has 2 aromatic rings. The molecule has 3 rings (SSSR count). The number of carboxylic acid groups (broad SMARTS) is 2. The third kappa shape index (κ3) is 5.59. The summed E-state index contributed by atoms with van der Waals surface area (Å²) >= 11 is 0. The number of fused-ring (bicyclic) bond motifs is 1. The lowest BCUT2D eigenvalue weighted by Crippen LogP contribution is -2.00. The lowest BCUT2D eigenvalue weighted by molar-refractivity contribution is -0.134. The van der Waals surface area contributed by atoms with Crippen molar-refractivity contribution in [1.82, 2.24) is 4.98 Å². The Balaban J connectivity index is 0.000000260. The van der Waals surface area contributed by atoms with Crippen LogP contribution in [0.25, 0.3) is 11.6 Å². The van der Waals surface area contributed by atoms with E-state index < -0.39 is 11.9 Å². The van der Waals surface area contributed by atoms with Crippen molar-refractivity contribution >= 4 is 29.3 Å². The lowest BCUT2D eigenvalue weighted by atomic mass is 9.90. The van der Waals surface area contributed by atoms with Crippen LogP contribution in [0.2, 0.25) is 0 Å². The van der Waals surface area contributed by atoms with Crippen molar-refractivity contribution in [3.8, 4) is 0 Å². The number of carbonyl (C=O) groups is 2. The van der Waals surface area contributed by atoms with Crippen LogP contribution in [0.3, 0.4) is 0 Å². The summed E-state index contributed by atoms with van der Waals surface area (Å²) in [5.74, 6) is -2.51. The highest BCUT2D eigenvalue weighted by atomic mass is 16.4. The van der Waals surface area contributed by atoms with E-state index in [0.29, 0.717) is 12.2 Å². The summed E-state index contributed by atoms with van der Waals surface area (Å²) < 4.78 is 0. The Morgan fingerprint density at radius 1 is 1.08 bits per heavy atom. The second-order valence-electron chi connectivity index (χ2n) is 5.56. The minimum absolute atomic E-state index is 0.558. The van der Waals surface area contributed by atoms with E-state index in [2.05, 4.69) is 46.7 Å². The fourth-order valence-corrected chi connectivity index (χ4v) is 2.54. The quantitative estimate of drug-likeness (QED) is 0.730. The van der Waals surface area contributed by atoms with Crippen LogP contribution in [0.4, 0.5) is 5.69 Å². The third-order valence-electron chi connectivity index (χ3n) is 3.79. The molecule has 0 saturated heterocycles. The van der Waals surface area contributed by atoms with E-state index in [9.17, 15) is 9.59 Å². The molecule has 0 spiro atoms. The van der Waals surface area contributed by atoms with Crippen LogP contribution in [0.1, 0.15) is 23.2 Å². The number of aryl methyl sites for hydroxylation is 1. The van der Waals surface area contributed by atoms with Gasteiger partial charge in [0, 0.05) is 31.1 Å². The molecule has 6 nitrogen and oxygen atoms in total. The van der Waals surface area contributed by atoms with Gasteiger partial charge in [-0.05, 0) is 47.8 Å². The van der Waals surface area contributed by atoms with Crippen molar-refractivity contribution in [1.29, 1.82) is 0 Å². The molecule has 1 aliphatic carbocycles. The first-order valence-corrected chi connectivity index (χ1v) is 8.06. The molecule has 0 unspecified atom stereocenters. The summed E-state index contributed by atoms with van der Waals surface area (Å²) in [5, 5.41) is 18.8. The highest BCUT2D eigenvalue weighted by molar-refractivity contribution is 5.89. The molecule has 3 N–H and O–H groups in total. The third-order valence-corrected chi connectivity index (χ3v) is 3.79. The lowest BCUT2D eigenvalue weighted by Gasteiger charge is -2.16. The molecule has 26 heavy (non-hydrogen) atoms. The Morgan fingerprint density at radius 2 is 1.77 bits per heavy atom. The molecule has 0 aliphatic heterocycles. The second kappa shape index (κ2) is 9.17. The second-order valence-corrected chi connectivity index (χ2v) is 5.56. The number of pyridine rings is 1. The maximum Gasteiger partial charge on any atom is 0.328 e. The molecule has 1 aromatic heterocycles. The number of aliphatic carboxylic acids is 2. The van der Waals surface area contributed by atoms with Gasteiger partial charge in [0.25, 0.3) is 0 Å². The van der Waals surface area contributed by atoms with Crippen LogP contribution in [-0.2, 0) is 16.0 Å². The predicted molar refractivity (Wildman–Crippen MR) is 101 cm³/mol. The average Bonchev–Trinajstić information content (AvgIpc) is 2.66. The minimum Gasteiger partial charge on any atom is -0.478 e. The zero-order valence-electron chi connectivity index (χ0n) is 14.3. The van der Waals surface area contributed by atoms with Gasteiger partial charge in [-0.2, -0.15) is 0 Å². The van der Waals surface area contributed by atoms with Crippen LogP contribution in [0.5, 0.6) is 0 Å². The summed E-state index contributed by atoms with van der Waals surface area (Å²) in [7, 11) is 1.93. The van der Waals surface area contributed by atoms with Crippen molar-refractivity contribution in [2.75, 3.05) is 12.4 Å². The maximum atomic E-state index is 9.55. The van der Waals surface area contributed by atoms with Gasteiger partial charge in [0.05, 0.1) is 5.69 Å². The van der Waals surface area contributed by atoms with E-state index in [1.165, 1.54) is 16.7 Å². The molecular formula is C20H20N2O4. The van der Waals surface area contributed by atoms with Crippen molar-refractivity contribution in [3.05, 3.63) is 71.6 Å². The van der Waals surface area contributed by atoms with Crippen LogP contribution in [0, 0.1) is 0 Å². The molecule has 6 heteroatoms. The van der Waals surface area contributed by atoms with Gasteiger partial charge < -0.3 is 15.5 Å². The number of nitrogens with zero attached hydrogens (tertiary/aromatic N) is 1. The van der Waals surface area contributed by atoms with E-state index >= 15 is 0 Å². The summed E-state index contributed by atoms with van der Waals surface area (Å²) in [6, 6.07) is 12.7. The summed E-state index contributed by atoms with van der Waals surface area (Å²) in [6.07, 6.45) is 7.42. The number of carboxylic acids is 2. The highest BCUT2D eigenvalue weighted by Crippen LogP contribution is 2.29. The Morgan fingerprint density at radius 3 is 2.42 bits per heavy atom. The molecule has 0 saturated carbocycles. The number of hydrogen-bond donors (Lipinski definition) is 3. The first-order valence-electron chi connectivity index (χ1n) is 8.06. The van der Waals surface area contributed by atoms with Gasteiger partial charge in [0.2, 0.25) is 0 Å². The van der Waals surface area contributed by atoms with E-state index in [4.69, 9.17) is 10.2 Å². The molecule has 0 fully saturated rings. The molecule has 0 bridgehead atoms. The summed E-state index contributed by atoms with van der Waals surface area (Å²) in [5.41, 5.74) is 6.28. The van der Waals surface area contributed by atoms with E-state index in [0.717, 1.165) is 24.2 Å². The van der Waals surface area contributed by atoms with Crippen LogP contribution in [0.15, 0.2) is 54.7 Å². The van der Waals surface area contributed by atoms with Gasteiger partial charge in [0.15, 0.2) is 0 Å². The van der Waals surface area contributed by atoms with Crippen molar-refractivity contribution < 1.29 is 19.8 Å². The largest absolute Gasteiger partial charge is 0.478 e. The van der Waals surface area contributed by atoms with Gasteiger partial charge in [-0.15, -0.1) is 0 Å². The highest BCUT2D eigenvalue weighted by Gasteiger charge is 2.12. The van der Waals surface area contributed by atoms with Gasteiger partial charge in [-0.3, -0.25) is 4.98 Å². The molecule has 0 radical (unpaired) electrons. The average molecular weight is 352 g/mol. The summed E-state index contributed by atoms with van der Waals surface area (Å²) in [6.45, 7) is 0. The predicted octanol–water partition coefficient (Wildman–Crippen LogP) is 3.32. The number of anilines is 1. The number of allylic oxidation sites excluding steroid dienone is 1. The molecular weight excluding hydrogens is 332 g/mol.